The molecular formula is C14H20N2. The van der Waals surface area contributed by atoms with Gasteiger partial charge in [-0.3, -0.25) is 0 Å². The van der Waals surface area contributed by atoms with Gasteiger partial charge in [0.15, 0.2) is 0 Å². The Morgan fingerprint density at radius 3 is 2.69 bits per heavy atom. The van der Waals surface area contributed by atoms with Gasteiger partial charge in [0, 0.05) is 18.1 Å². The Bertz CT molecular complexity index is 384. The van der Waals surface area contributed by atoms with Crippen LogP contribution in [0.5, 0.6) is 0 Å². The average Bonchev–Trinajstić information content (AvgIpc) is 3.13. The number of benzene rings is 1. The van der Waals surface area contributed by atoms with Crippen molar-refractivity contribution in [2.24, 2.45) is 5.73 Å². The van der Waals surface area contributed by atoms with Gasteiger partial charge in [-0.1, -0.05) is 24.3 Å². The van der Waals surface area contributed by atoms with E-state index in [9.17, 15) is 0 Å². The Hall–Kier alpha value is -0.860. The van der Waals surface area contributed by atoms with Gasteiger partial charge < -0.3 is 11.1 Å². The summed E-state index contributed by atoms with van der Waals surface area (Å²) in [5.74, 6) is 0. The second-order valence-electron chi connectivity index (χ2n) is 5.35. The number of nitrogens with one attached hydrogen (secondary N) is 1. The van der Waals surface area contributed by atoms with Gasteiger partial charge in [0.2, 0.25) is 0 Å². The first-order chi connectivity index (χ1) is 7.81. The molecule has 1 aromatic carbocycles. The minimum Gasteiger partial charge on any atom is -0.329 e. The summed E-state index contributed by atoms with van der Waals surface area (Å²) in [6, 6.07) is 9.54. The number of hydrogen-bond acceptors (Lipinski definition) is 2. The van der Waals surface area contributed by atoms with Gasteiger partial charge in [-0.2, -0.15) is 0 Å². The van der Waals surface area contributed by atoms with Crippen LogP contribution < -0.4 is 11.1 Å². The lowest BCUT2D eigenvalue weighted by atomic mass is 9.78. The molecule has 0 saturated heterocycles. The van der Waals surface area contributed by atoms with Crippen molar-refractivity contribution in [2.75, 3.05) is 6.54 Å². The highest BCUT2D eigenvalue weighted by Crippen LogP contribution is 2.31. The molecule has 3 rings (SSSR count). The van der Waals surface area contributed by atoms with Crippen molar-refractivity contribution < 1.29 is 0 Å². The van der Waals surface area contributed by atoms with Crippen LogP contribution in [0.3, 0.4) is 0 Å². The number of hydrogen-bond donors (Lipinski definition) is 2. The molecule has 0 aliphatic heterocycles. The molecule has 0 aromatic heterocycles. The molecule has 1 atom stereocenters. The Kier molecular flexibility index (Phi) is 2.49. The minimum atomic E-state index is 0.176. The summed E-state index contributed by atoms with van der Waals surface area (Å²) >= 11 is 0. The van der Waals surface area contributed by atoms with Crippen molar-refractivity contribution in [3.05, 3.63) is 35.4 Å². The molecule has 0 spiro atoms. The zero-order chi connectivity index (χ0) is 11.0. The molecule has 0 amide bonds. The molecule has 0 heterocycles. The predicted molar refractivity (Wildman–Crippen MR) is 66.4 cm³/mol. The minimum absolute atomic E-state index is 0.176. The first-order valence-corrected chi connectivity index (χ1v) is 6.36. The van der Waals surface area contributed by atoms with E-state index < -0.39 is 0 Å². The molecule has 1 unspecified atom stereocenters. The molecule has 1 saturated carbocycles. The second kappa shape index (κ2) is 3.86. The second-order valence-corrected chi connectivity index (χ2v) is 5.35. The van der Waals surface area contributed by atoms with Crippen LogP contribution in [0.2, 0.25) is 0 Å². The number of rotatable bonds is 3. The van der Waals surface area contributed by atoms with E-state index in [4.69, 9.17) is 5.73 Å². The van der Waals surface area contributed by atoms with Crippen molar-refractivity contribution in [1.29, 1.82) is 0 Å². The fourth-order valence-electron chi connectivity index (χ4n) is 2.82. The van der Waals surface area contributed by atoms with Gasteiger partial charge >= 0.3 is 0 Å². The third-order valence-electron chi connectivity index (χ3n) is 4.00. The number of aryl methyl sites for hydroxylation is 1. The third kappa shape index (κ3) is 1.87. The lowest BCUT2D eigenvalue weighted by molar-refractivity contribution is 0.290. The van der Waals surface area contributed by atoms with Crippen molar-refractivity contribution >= 4 is 0 Å². The maximum atomic E-state index is 6.01. The van der Waals surface area contributed by atoms with Gasteiger partial charge in [-0.25, -0.2) is 0 Å². The summed E-state index contributed by atoms with van der Waals surface area (Å²) in [5.41, 5.74) is 9.20. The SMILES string of the molecule is NCC1(NC2CC2)CCc2ccccc2C1. The van der Waals surface area contributed by atoms with E-state index in [0.717, 1.165) is 19.0 Å². The highest BCUT2D eigenvalue weighted by Gasteiger charge is 2.37. The maximum absolute atomic E-state index is 6.01. The van der Waals surface area contributed by atoms with Crippen molar-refractivity contribution in [1.82, 2.24) is 5.32 Å². The van der Waals surface area contributed by atoms with Gasteiger partial charge in [0.1, 0.15) is 0 Å². The van der Waals surface area contributed by atoms with Crippen LogP contribution in [0.25, 0.3) is 0 Å². The molecule has 2 nitrogen and oxygen atoms in total. The zero-order valence-electron chi connectivity index (χ0n) is 9.71. The molecule has 3 N–H and O–H groups in total. The van der Waals surface area contributed by atoms with Crippen LogP contribution in [0.1, 0.15) is 30.4 Å². The Morgan fingerprint density at radius 2 is 2.00 bits per heavy atom. The topological polar surface area (TPSA) is 38.0 Å². The van der Waals surface area contributed by atoms with Crippen LogP contribution >= 0.6 is 0 Å². The van der Waals surface area contributed by atoms with E-state index in [1.54, 1.807) is 0 Å². The Balaban J connectivity index is 1.83. The van der Waals surface area contributed by atoms with Crippen LogP contribution in [0.15, 0.2) is 24.3 Å². The van der Waals surface area contributed by atoms with E-state index in [2.05, 4.69) is 29.6 Å². The van der Waals surface area contributed by atoms with E-state index in [1.807, 2.05) is 0 Å². The molecular weight excluding hydrogens is 196 g/mol. The summed E-state index contributed by atoms with van der Waals surface area (Å²) in [5, 5.41) is 3.77. The van der Waals surface area contributed by atoms with E-state index in [-0.39, 0.29) is 5.54 Å². The fraction of sp³-hybridized carbons (Fsp3) is 0.571. The normalized spacial score (nSPS) is 28.8. The molecule has 2 heteroatoms. The molecule has 86 valence electrons. The first kappa shape index (κ1) is 10.3. The van der Waals surface area contributed by atoms with Gasteiger partial charge in [-0.15, -0.1) is 0 Å². The Morgan fingerprint density at radius 1 is 1.25 bits per heavy atom. The van der Waals surface area contributed by atoms with Crippen LogP contribution in [0, 0.1) is 0 Å². The summed E-state index contributed by atoms with van der Waals surface area (Å²) in [4.78, 5) is 0. The lowest BCUT2D eigenvalue weighted by Gasteiger charge is -2.38. The van der Waals surface area contributed by atoms with Crippen LogP contribution in [0.4, 0.5) is 0 Å². The summed E-state index contributed by atoms with van der Waals surface area (Å²) in [6.07, 6.45) is 6.15. The molecule has 1 aromatic rings. The molecule has 0 radical (unpaired) electrons. The van der Waals surface area contributed by atoms with Crippen molar-refractivity contribution in [2.45, 2.75) is 43.7 Å². The van der Waals surface area contributed by atoms with Crippen LogP contribution in [-0.4, -0.2) is 18.1 Å². The largest absolute Gasteiger partial charge is 0.329 e. The Labute approximate surface area is 97.2 Å². The summed E-state index contributed by atoms with van der Waals surface area (Å²) < 4.78 is 0. The highest BCUT2D eigenvalue weighted by atomic mass is 15.1. The first-order valence-electron chi connectivity index (χ1n) is 6.36. The van der Waals surface area contributed by atoms with E-state index in [0.29, 0.717) is 0 Å². The predicted octanol–water partition coefficient (Wildman–Crippen LogP) is 1.62. The van der Waals surface area contributed by atoms with Crippen molar-refractivity contribution in [3.63, 3.8) is 0 Å². The van der Waals surface area contributed by atoms with Gasteiger partial charge in [0.25, 0.3) is 0 Å². The smallest absolute Gasteiger partial charge is 0.0350 e. The number of nitrogens with two attached hydrogens (primary N) is 1. The zero-order valence-corrected chi connectivity index (χ0v) is 9.71. The highest BCUT2D eigenvalue weighted by molar-refractivity contribution is 5.32. The number of fused-ring (bicyclic) bond motifs is 1. The standard InChI is InChI=1S/C14H20N2/c15-10-14(16-13-5-6-13)8-7-11-3-1-2-4-12(11)9-14/h1-4,13,16H,5-10,15H2. The molecule has 0 bridgehead atoms. The van der Waals surface area contributed by atoms with E-state index in [1.165, 1.54) is 36.8 Å². The molecule has 1 fully saturated rings. The summed E-state index contributed by atoms with van der Waals surface area (Å²) in [7, 11) is 0. The molecule has 2 aliphatic carbocycles. The van der Waals surface area contributed by atoms with Crippen molar-refractivity contribution in [3.8, 4) is 0 Å². The lowest BCUT2D eigenvalue weighted by Crippen LogP contribution is -2.55. The third-order valence-corrected chi connectivity index (χ3v) is 4.00. The van der Waals surface area contributed by atoms with Gasteiger partial charge in [0.05, 0.1) is 0 Å². The van der Waals surface area contributed by atoms with Gasteiger partial charge in [-0.05, 0) is 43.2 Å². The fourth-order valence-corrected chi connectivity index (χ4v) is 2.82. The molecule has 16 heavy (non-hydrogen) atoms. The monoisotopic (exact) mass is 216 g/mol. The van der Waals surface area contributed by atoms with E-state index >= 15 is 0 Å². The molecule has 2 aliphatic rings. The maximum Gasteiger partial charge on any atom is 0.0350 e. The summed E-state index contributed by atoms with van der Waals surface area (Å²) in [6.45, 7) is 0.762. The average molecular weight is 216 g/mol. The quantitative estimate of drug-likeness (QED) is 0.806. The van der Waals surface area contributed by atoms with Crippen LogP contribution in [-0.2, 0) is 12.8 Å².